The highest BCUT2D eigenvalue weighted by Crippen LogP contribution is 2.25. The Hall–Kier alpha value is -1.05. The van der Waals surface area contributed by atoms with Crippen molar-refractivity contribution in [1.82, 2.24) is 4.98 Å². The summed E-state index contributed by atoms with van der Waals surface area (Å²) in [4.78, 5) is 6.61. The molecule has 0 amide bonds. The first-order chi connectivity index (χ1) is 6.90. The van der Waals surface area contributed by atoms with Crippen LogP contribution in [0.5, 0.6) is 0 Å². The molecule has 1 saturated heterocycles. The third-order valence-corrected chi connectivity index (χ3v) is 2.99. The van der Waals surface area contributed by atoms with Crippen LogP contribution in [0.1, 0.15) is 26.2 Å². The summed E-state index contributed by atoms with van der Waals surface area (Å²) in [6, 6.07) is 4.17. The van der Waals surface area contributed by atoms with E-state index in [1.807, 2.05) is 18.5 Å². The highest BCUT2D eigenvalue weighted by molar-refractivity contribution is 5.44. The molecule has 2 heteroatoms. The maximum Gasteiger partial charge on any atom is 0.0552 e. The maximum atomic E-state index is 4.16. The van der Waals surface area contributed by atoms with Crippen molar-refractivity contribution in [2.75, 3.05) is 18.0 Å². The second kappa shape index (κ2) is 4.45. The van der Waals surface area contributed by atoms with E-state index in [0.29, 0.717) is 0 Å². The van der Waals surface area contributed by atoms with E-state index in [4.69, 9.17) is 0 Å². The van der Waals surface area contributed by atoms with E-state index in [1.54, 1.807) is 0 Å². The SMILES string of the molecule is CCCC1CCN(c2cccnc2)C1. The van der Waals surface area contributed by atoms with Crippen molar-refractivity contribution in [2.45, 2.75) is 26.2 Å². The highest BCUT2D eigenvalue weighted by Gasteiger charge is 2.21. The zero-order valence-corrected chi connectivity index (χ0v) is 8.82. The Morgan fingerprint density at radius 1 is 1.57 bits per heavy atom. The van der Waals surface area contributed by atoms with Crippen molar-refractivity contribution in [3.63, 3.8) is 0 Å². The predicted octanol–water partition coefficient (Wildman–Crippen LogP) is 2.71. The fraction of sp³-hybridized carbons (Fsp3) is 0.583. The Morgan fingerprint density at radius 2 is 2.50 bits per heavy atom. The monoisotopic (exact) mass is 190 g/mol. The standard InChI is InChI=1S/C12H18N2/c1-2-4-11-6-8-14(10-11)12-5-3-7-13-9-12/h3,5,7,9,11H,2,4,6,8,10H2,1H3. The van der Waals surface area contributed by atoms with Gasteiger partial charge in [0.25, 0.3) is 0 Å². The third kappa shape index (κ3) is 2.06. The number of aromatic nitrogens is 1. The molecule has 1 fully saturated rings. The quantitative estimate of drug-likeness (QED) is 0.728. The number of pyridine rings is 1. The van der Waals surface area contributed by atoms with Crippen LogP contribution in [-0.4, -0.2) is 18.1 Å². The Balaban J connectivity index is 1.96. The van der Waals surface area contributed by atoms with Gasteiger partial charge in [-0.15, -0.1) is 0 Å². The van der Waals surface area contributed by atoms with Crippen LogP contribution in [0.4, 0.5) is 5.69 Å². The predicted molar refractivity (Wildman–Crippen MR) is 59.5 cm³/mol. The summed E-state index contributed by atoms with van der Waals surface area (Å²) in [5.41, 5.74) is 1.28. The minimum Gasteiger partial charge on any atom is -0.370 e. The zero-order valence-electron chi connectivity index (χ0n) is 8.82. The molecular formula is C12H18N2. The first-order valence-electron chi connectivity index (χ1n) is 5.55. The van der Waals surface area contributed by atoms with Gasteiger partial charge < -0.3 is 4.90 Å². The van der Waals surface area contributed by atoms with Crippen molar-refractivity contribution in [1.29, 1.82) is 0 Å². The van der Waals surface area contributed by atoms with Gasteiger partial charge in [-0.3, -0.25) is 4.98 Å². The number of nitrogens with zero attached hydrogens (tertiary/aromatic N) is 2. The van der Waals surface area contributed by atoms with Gasteiger partial charge in [0.15, 0.2) is 0 Å². The number of hydrogen-bond acceptors (Lipinski definition) is 2. The summed E-state index contributed by atoms with van der Waals surface area (Å²) in [7, 11) is 0. The summed E-state index contributed by atoms with van der Waals surface area (Å²) in [6.07, 6.45) is 7.84. The molecular weight excluding hydrogens is 172 g/mol. The van der Waals surface area contributed by atoms with Gasteiger partial charge in [-0.25, -0.2) is 0 Å². The lowest BCUT2D eigenvalue weighted by Gasteiger charge is -2.17. The van der Waals surface area contributed by atoms with E-state index in [0.717, 1.165) is 5.92 Å². The second-order valence-corrected chi connectivity index (χ2v) is 4.10. The number of hydrogen-bond donors (Lipinski definition) is 0. The average Bonchev–Trinajstić information content (AvgIpc) is 2.68. The first-order valence-corrected chi connectivity index (χ1v) is 5.55. The van der Waals surface area contributed by atoms with Crippen LogP contribution in [0.15, 0.2) is 24.5 Å². The van der Waals surface area contributed by atoms with Crippen LogP contribution in [0.3, 0.4) is 0 Å². The van der Waals surface area contributed by atoms with Crippen molar-refractivity contribution in [3.8, 4) is 0 Å². The summed E-state index contributed by atoms with van der Waals surface area (Å²) < 4.78 is 0. The van der Waals surface area contributed by atoms with E-state index in [-0.39, 0.29) is 0 Å². The molecule has 1 unspecified atom stereocenters. The Kier molecular flexibility index (Phi) is 3.02. The fourth-order valence-electron chi connectivity index (χ4n) is 2.25. The summed E-state index contributed by atoms with van der Waals surface area (Å²) in [6.45, 7) is 4.70. The molecule has 1 aliphatic heterocycles. The van der Waals surface area contributed by atoms with E-state index in [2.05, 4.69) is 22.9 Å². The highest BCUT2D eigenvalue weighted by atomic mass is 15.2. The van der Waals surface area contributed by atoms with Gasteiger partial charge in [0.1, 0.15) is 0 Å². The van der Waals surface area contributed by atoms with Crippen LogP contribution < -0.4 is 4.90 Å². The molecule has 1 aromatic rings. The van der Waals surface area contributed by atoms with Gasteiger partial charge in [-0.1, -0.05) is 13.3 Å². The number of rotatable bonds is 3. The van der Waals surface area contributed by atoms with E-state index in [1.165, 1.54) is 38.0 Å². The zero-order chi connectivity index (χ0) is 9.80. The van der Waals surface area contributed by atoms with E-state index < -0.39 is 0 Å². The Labute approximate surface area is 86.0 Å². The van der Waals surface area contributed by atoms with Gasteiger partial charge in [-0.2, -0.15) is 0 Å². The molecule has 0 N–H and O–H groups in total. The molecule has 2 nitrogen and oxygen atoms in total. The molecule has 0 bridgehead atoms. The Morgan fingerprint density at radius 3 is 3.21 bits per heavy atom. The summed E-state index contributed by atoms with van der Waals surface area (Å²) in [5, 5.41) is 0. The van der Waals surface area contributed by atoms with Crippen molar-refractivity contribution in [3.05, 3.63) is 24.5 Å². The van der Waals surface area contributed by atoms with Crippen LogP contribution in [0, 0.1) is 5.92 Å². The van der Waals surface area contributed by atoms with Gasteiger partial charge in [0.2, 0.25) is 0 Å². The molecule has 1 aliphatic rings. The maximum absolute atomic E-state index is 4.16. The van der Waals surface area contributed by atoms with Gasteiger partial charge in [0, 0.05) is 19.3 Å². The molecule has 2 heterocycles. The van der Waals surface area contributed by atoms with Crippen molar-refractivity contribution < 1.29 is 0 Å². The minimum atomic E-state index is 0.903. The third-order valence-electron chi connectivity index (χ3n) is 2.99. The molecule has 2 rings (SSSR count). The van der Waals surface area contributed by atoms with E-state index >= 15 is 0 Å². The minimum absolute atomic E-state index is 0.903. The normalized spacial score (nSPS) is 21.5. The number of anilines is 1. The largest absolute Gasteiger partial charge is 0.370 e. The molecule has 1 aromatic heterocycles. The lowest BCUT2D eigenvalue weighted by atomic mass is 10.0. The lowest BCUT2D eigenvalue weighted by molar-refractivity contribution is 0.530. The summed E-state index contributed by atoms with van der Waals surface area (Å²) in [5.74, 6) is 0.903. The molecule has 76 valence electrons. The molecule has 0 spiro atoms. The van der Waals surface area contributed by atoms with Crippen LogP contribution >= 0.6 is 0 Å². The molecule has 14 heavy (non-hydrogen) atoms. The molecule has 0 radical (unpaired) electrons. The molecule has 0 saturated carbocycles. The first kappa shape index (κ1) is 9.50. The van der Waals surface area contributed by atoms with Crippen LogP contribution in [0.25, 0.3) is 0 Å². The second-order valence-electron chi connectivity index (χ2n) is 4.10. The lowest BCUT2D eigenvalue weighted by Crippen LogP contribution is -2.19. The van der Waals surface area contributed by atoms with Crippen molar-refractivity contribution in [2.24, 2.45) is 5.92 Å². The Bertz CT molecular complexity index is 271. The summed E-state index contributed by atoms with van der Waals surface area (Å²) >= 11 is 0. The van der Waals surface area contributed by atoms with Crippen LogP contribution in [-0.2, 0) is 0 Å². The van der Waals surface area contributed by atoms with Gasteiger partial charge in [0.05, 0.1) is 11.9 Å². The smallest absolute Gasteiger partial charge is 0.0552 e. The van der Waals surface area contributed by atoms with Crippen molar-refractivity contribution >= 4 is 5.69 Å². The van der Waals surface area contributed by atoms with Crippen LogP contribution in [0.2, 0.25) is 0 Å². The molecule has 1 atom stereocenters. The van der Waals surface area contributed by atoms with Gasteiger partial charge in [-0.05, 0) is 30.9 Å². The molecule has 0 aromatic carbocycles. The van der Waals surface area contributed by atoms with Gasteiger partial charge >= 0.3 is 0 Å². The average molecular weight is 190 g/mol. The topological polar surface area (TPSA) is 16.1 Å². The van der Waals surface area contributed by atoms with E-state index in [9.17, 15) is 0 Å². The fourth-order valence-corrected chi connectivity index (χ4v) is 2.25. The molecule has 0 aliphatic carbocycles.